The Bertz CT molecular complexity index is 688. The molecule has 0 unspecified atom stereocenters. The summed E-state index contributed by atoms with van der Waals surface area (Å²) >= 11 is 7.45. The number of anilines is 1. The molecule has 0 bridgehead atoms. The zero-order valence-electron chi connectivity index (χ0n) is 10.6. The average molecular weight is 328 g/mol. The number of halogens is 1. The molecule has 0 heterocycles. The van der Waals surface area contributed by atoms with Crippen LogP contribution < -0.4 is 5.73 Å². The predicted molar refractivity (Wildman–Crippen MR) is 85.1 cm³/mol. The summed E-state index contributed by atoms with van der Waals surface area (Å²) in [5.74, 6) is 0.517. The number of sulfone groups is 1. The highest BCUT2D eigenvalue weighted by atomic mass is 35.5. The quantitative estimate of drug-likeness (QED) is 0.674. The maximum absolute atomic E-state index is 12.2. The van der Waals surface area contributed by atoms with Crippen LogP contribution >= 0.6 is 23.4 Å². The lowest BCUT2D eigenvalue weighted by atomic mass is 10.3. The summed E-state index contributed by atoms with van der Waals surface area (Å²) in [4.78, 5) is 1.19. The second-order valence-corrected chi connectivity index (χ2v) is 7.82. The number of rotatable bonds is 5. The van der Waals surface area contributed by atoms with Crippen molar-refractivity contribution in [1.29, 1.82) is 0 Å². The molecule has 20 heavy (non-hydrogen) atoms. The molecule has 0 aliphatic rings. The second kappa shape index (κ2) is 6.52. The standard InChI is InChI=1S/C14H14ClNO2S2/c15-13-10-11(16)6-7-14(13)20(17,18)9-8-19-12-4-2-1-3-5-12/h1-7,10H,8-9,16H2. The molecule has 2 rings (SSSR count). The molecule has 0 aliphatic carbocycles. The summed E-state index contributed by atoms with van der Waals surface area (Å²) in [5, 5.41) is 0.176. The Labute approximate surface area is 128 Å². The van der Waals surface area contributed by atoms with Crippen LogP contribution in [0, 0.1) is 0 Å². The summed E-state index contributed by atoms with van der Waals surface area (Å²) in [6, 6.07) is 14.1. The molecule has 0 spiro atoms. The van der Waals surface area contributed by atoms with Gasteiger partial charge in [0.1, 0.15) is 0 Å². The Morgan fingerprint density at radius 3 is 2.45 bits per heavy atom. The van der Waals surface area contributed by atoms with Gasteiger partial charge in [0.25, 0.3) is 0 Å². The molecule has 2 N–H and O–H groups in total. The van der Waals surface area contributed by atoms with Crippen molar-refractivity contribution < 1.29 is 8.42 Å². The van der Waals surface area contributed by atoms with E-state index in [0.29, 0.717) is 11.4 Å². The first-order valence-electron chi connectivity index (χ1n) is 5.95. The van der Waals surface area contributed by atoms with Crippen molar-refractivity contribution in [2.24, 2.45) is 0 Å². The molecule has 106 valence electrons. The number of hydrogen-bond donors (Lipinski definition) is 1. The highest BCUT2D eigenvalue weighted by Gasteiger charge is 2.18. The van der Waals surface area contributed by atoms with E-state index in [2.05, 4.69) is 0 Å². The highest BCUT2D eigenvalue weighted by Crippen LogP contribution is 2.26. The van der Waals surface area contributed by atoms with Gasteiger partial charge in [0.2, 0.25) is 0 Å². The average Bonchev–Trinajstić information content (AvgIpc) is 2.39. The van der Waals surface area contributed by atoms with Crippen LogP contribution in [0.4, 0.5) is 5.69 Å². The molecule has 0 amide bonds. The first kappa shape index (κ1) is 15.2. The lowest BCUT2D eigenvalue weighted by Crippen LogP contribution is -2.09. The molecule has 0 atom stereocenters. The van der Waals surface area contributed by atoms with Crippen molar-refractivity contribution in [3.63, 3.8) is 0 Å². The van der Waals surface area contributed by atoms with E-state index in [-0.39, 0.29) is 15.7 Å². The third-order valence-electron chi connectivity index (χ3n) is 2.65. The Kier molecular flexibility index (Phi) is 4.96. The van der Waals surface area contributed by atoms with E-state index in [1.54, 1.807) is 6.07 Å². The van der Waals surface area contributed by atoms with Gasteiger partial charge in [0.15, 0.2) is 9.84 Å². The van der Waals surface area contributed by atoms with Gasteiger partial charge < -0.3 is 5.73 Å². The van der Waals surface area contributed by atoms with Crippen LogP contribution in [0.25, 0.3) is 0 Å². The Morgan fingerprint density at radius 1 is 1.10 bits per heavy atom. The van der Waals surface area contributed by atoms with Crippen LogP contribution in [0.2, 0.25) is 5.02 Å². The Morgan fingerprint density at radius 2 is 1.80 bits per heavy atom. The first-order valence-corrected chi connectivity index (χ1v) is 8.96. The summed E-state index contributed by atoms with van der Waals surface area (Å²) < 4.78 is 24.4. The third-order valence-corrected chi connectivity index (χ3v) is 6.12. The lowest BCUT2D eigenvalue weighted by molar-refractivity contribution is 0.597. The van der Waals surface area contributed by atoms with Gasteiger partial charge in [-0.3, -0.25) is 0 Å². The lowest BCUT2D eigenvalue weighted by Gasteiger charge is -2.07. The highest BCUT2D eigenvalue weighted by molar-refractivity contribution is 8.00. The fourth-order valence-electron chi connectivity index (χ4n) is 1.67. The molecular formula is C14H14ClNO2S2. The fourth-order valence-corrected chi connectivity index (χ4v) is 4.85. The SMILES string of the molecule is Nc1ccc(S(=O)(=O)CCSc2ccccc2)c(Cl)c1. The third kappa shape index (κ3) is 3.91. The minimum absolute atomic E-state index is 0.0379. The maximum atomic E-state index is 12.2. The summed E-state index contributed by atoms with van der Waals surface area (Å²) in [6.07, 6.45) is 0. The number of hydrogen-bond acceptors (Lipinski definition) is 4. The van der Waals surface area contributed by atoms with E-state index in [1.807, 2.05) is 30.3 Å². The molecule has 3 nitrogen and oxygen atoms in total. The zero-order valence-corrected chi connectivity index (χ0v) is 13.0. The molecule has 6 heteroatoms. The normalized spacial score (nSPS) is 11.4. The van der Waals surface area contributed by atoms with Crippen LogP contribution in [0.3, 0.4) is 0 Å². The van der Waals surface area contributed by atoms with E-state index in [9.17, 15) is 8.42 Å². The van der Waals surface area contributed by atoms with Crippen molar-refractivity contribution in [1.82, 2.24) is 0 Å². The first-order chi connectivity index (χ1) is 9.49. The molecular weight excluding hydrogens is 314 g/mol. The molecule has 0 aliphatic heterocycles. The van der Waals surface area contributed by atoms with Gasteiger partial charge in [-0.2, -0.15) is 0 Å². The van der Waals surface area contributed by atoms with Gasteiger partial charge in [-0.15, -0.1) is 11.8 Å². The minimum atomic E-state index is -3.39. The van der Waals surface area contributed by atoms with E-state index >= 15 is 0 Å². The summed E-state index contributed by atoms with van der Waals surface area (Å²) in [5.41, 5.74) is 6.02. The van der Waals surface area contributed by atoms with Crippen LogP contribution in [0.1, 0.15) is 0 Å². The number of benzene rings is 2. The van der Waals surface area contributed by atoms with Crippen molar-refractivity contribution in [3.05, 3.63) is 53.6 Å². The molecule has 0 radical (unpaired) electrons. The van der Waals surface area contributed by atoms with E-state index in [4.69, 9.17) is 17.3 Å². The molecule has 2 aromatic carbocycles. The van der Waals surface area contributed by atoms with Crippen molar-refractivity contribution >= 4 is 38.9 Å². The van der Waals surface area contributed by atoms with Crippen LogP contribution in [-0.2, 0) is 9.84 Å². The number of nitrogens with two attached hydrogens (primary N) is 1. The van der Waals surface area contributed by atoms with E-state index in [1.165, 1.54) is 23.9 Å². The Hall–Kier alpha value is -1.17. The largest absolute Gasteiger partial charge is 0.399 e. The van der Waals surface area contributed by atoms with Crippen molar-refractivity contribution in [2.45, 2.75) is 9.79 Å². The fraction of sp³-hybridized carbons (Fsp3) is 0.143. The van der Waals surface area contributed by atoms with Crippen molar-refractivity contribution in [2.75, 3.05) is 17.2 Å². The number of nitrogen functional groups attached to an aromatic ring is 1. The van der Waals surface area contributed by atoms with Gasteiger partial charge >= 0.3 is 0 Å². The summed E-state index contributed by atoms with van der Waals surface area (Å²) in [6.45, 7) is 0. The van der Waals surface area contributed by atoms with Gasteiger partial charge in [-0.1, -0.05) is 29.8 Å². The van der Waals surface area contributed by atoms with Gasteiger partial charge in [0.05, 0.1) is 15.7 Å². The maximum Gasteiger partial charge on any atom is 0.180 e. The van der Waals surface area contributed by atoms with Gasteiger partial charge in [-0.05, 0) is 30.3 Å². The van der Waals surface area contributed by atoms with Crippen LogP contribution in [0.15, 0.2) is 58.3 Å². The van der Waals surface area contributed by atoms with Crippen molar-refractivity contribution in [3.8, 4) is 0 Å². The van der Waals surface area contributed by atoms with E-state index in [0.717, 1.165) is 4.90 Å². The predicted octanol–water partition coefficient (Wildman–Crippen LogP) is 3.49. The molecule has 0 saturated carbocycles. The molecule has 0 fully saturated rings. The van der Waals surface area contributed by atoms with Gasteiger partial charge in [0, 0.05) is 16.3 Å². The topological polar surface area (TPSA) is 60.2 Å². The molecule has 0 aromatic heterocycles. The molecule has 2 aromatic rings. The van der Waals surface area contributed by atoms with E-state index < -0.39 is 9.84 Å². The van der Waals surface area contributed by atoms with Crippen LogP contribution in [-0.4, -0.2) is 19.9 Å². The smallest absolute Gasteiger partial charge is 0.180 e. The second-order valence-electron chi connectivity index (χ2n) is 4.17. The monoisotopic (exact) mass is 327 g/mol. The molecule has 0 saturated heterocycles. The summed E-state index contributed by atoms with van der Waals surface area (Å²) in [7, 11) is -3.39. The van der Waals surface area contributed by atoms with Gasteiger partial charge in [-0.25, -0.2) is 8.42 Å². The Balaban J connectivity index is 2.04. The zero-order chi connectivity index (χ0) is 14.6. The minimum Gasteiger partial charge on any atom is -0.399 e. The van der Waals surface area contributed by atoms with Crippen LogP contribution in [0.5, 0.6) is 0 Å². The number of thioether (sulfide) groups is 1.